The topological polar surface area (TPSA) is 52.6 Å². The van der Waals surface area contributed by atoms with Gasteiger partial charge >= 0.3 is 0 Å². The molecule has 0 saturated carbocycles. The standard InChI is InChI=1S/C13H25N3O2/c1-13(2,3)12(18)14-6-5-11(17)16-9-7-15(4)8-10-16/h5-10H2,1-4H3,(H,14,18). The van der Waals surface area contributed by atoms with Crippen molar-refractivity contribution in [3.8, 4) is 0 Å². The quantitative estimate of drug-likeness (QED) is 0.790. The average molecular weight is 255 g/mol. The molecule has 1 aliphatic heterocycles. The fourth-order valence-corrected chi connectivity index (χ4v) is 1.76. The molecule has 0 spiro atoms. The van der Waals surface area contributed by atoms with E-state index in [0.29, 0.717) is 13.0 Å². The lowest BCUT2D eigenvalue weighted by Crippen LogP contribution is -2.48. The third-order valence-electron chi connectivity index (χ3n) is 3.16. The van der Waals surface area contributed by atoms with E-state index < -0.39 is 5.41 Å². The summed E-state index contributed by atoms with van der Waals surface area (Å²) < 4.78 is 0. The first-order valence-corrected chi connectivity index (χ1v) is 6.55. The van der Waals surface area contributed by atoms with E-state index in [4.69, 9.17) is 0 Å². The van der Waals surface area contributed by atoms with E-state index in [0.717, 1.165) is 26.2 Å². The van der Waals surface area contributed by atoms with Crippen molar-refractivity contribution < 1.29 is 9.59 Å². The van der Waals surface area contributed by atoms with Crippen LogP contribution in [-0.2, 0) is 9.59 Å². The van der Waals surface area contributed by atoms with Crippen LogP contribution in [0.2, 0.25) is 0 Å². The Hall–Kier alpha value is -1.10. The number of piperazine rings is 1. The van der Waals surface area contributed by atoms with Crippen molar-refractivity contribution in [3.05, 3.63) is 0 Å². The molecule has 0 aromatic heterocycles. The lowest BCUT2D eigenvalue weighted by molar-refractivity contribution is -0.133. The molecule has 1 heterocycles. The van der Waals surface area contributed by atoms with Gasteiger partial charge in [0, 0.05) is 44.6 Å². The summed E-state index contributed by atoms with van der Waals surface area (Å²) in [6.45, 7) is 9.48. The van der Waals surface area contributed by atoms with Crippen molar-refractivity contribution in [2.24, 2.45) is 5.41 Å². The van der Waals surface area contributed by atoms with Crippen LogP contribution < -0.4 is 5.32 Å². The maximum Gasteiger partial charge on any atom is 0.225 e. The van der Waals surface area contributed by atoms with Crippen molar-refractivity contribution in [2.75, 3.05) is 39.8 Å². The lowest BCUT2D eigenvalue weighted by Gasteiger charge is -2.32. The molecule has 0 atom stereocenters. The summed E-state index contributed by atoms with van der Waals surface area (Å²) in [5, 5.41) is 2.80. The maximum absolute atomic E-state index is 11.9. The van der Waals surface area contributed by atoms with E-state index in [2.05, 4.69) is 17.3 Å². The molecule has 1 saturated heterocycles. The zero-order chi connectivity index (χ0) is 13.8. The molecule has 5 nitrogen and oxygen atoms in total. The van der Waals surface area contributed by atoms with Gasteiger partial charge in [0.05, 0.1) is 0 Å². The molecule has 0 aromatic rings. The maximum atomic E-state index is 11.9. The second kappa shape index (κ2) is 6.18. The molecule has 0 aliphatic carbocycles. The molecule has 5 heteroatoms. The molecular formula is C13H25N3O2. The number of hydrogen-bond acceptors (Lipinski definition) is 3. The van der Waals surface area contributed by atoms with Gasteiger partial charge < -0.3 is 15.1 Å². The van der Waals surface area contributed by atoms with E-state index in [1.165, 1.54) is 0 Å². The summed E-state index contributed by atoms with van der Waals surface area (Å²) in [7, 11) is 2.06. The van der Waals surface area contributed by atoms with Gasteiger partial charge in [-0.15, -0.1) is 0 Å². The number of nitrogens with zero attached hydrogens (tertiary/aromatic N) is 2. The van der Waals surface area contributed by atoms with Crippen molar-refractivity contribution >= 4 is 11.8 Å². The largest absolute Gasteiger partial charge is 0.355 e. The predicted molar refractivity (Wildman–Crippen MR) is 71.2 cm³/mol. The van der Waals surface area contributed by atoms with Crippen LogP contribution in [0.15, 0.2) is 0 Å². The molecular weight excluding hydrogens is 230 g/mol. The van der Waals surface area contributed by atoms with Crippen LogP contribution >= 0.6 is 0 Å². The molecule has 18 heavy (non-hydrogen) atoms. The zero-order valence-electron chi connectivity index (χ0n) is 12.0. The van der Waals surface area contributed by atoms with E-state index in [-0.39, 0.29) is 11.8 Å². The number of likely N-dealkylation sites (N-methyl/N-ethyl adjacent to an activating group) is 1. The Bertz CT molecular complexity index is 302. The summed E-state index contributed by atoms with van der Waals surface area (Å²) in [4.78, 5) is 27.6. The fraction of sp³-hybridized carbons (Fsp3) is 0.846. The highest BCUT2D eigenvalue weighted by Crippen LogP contribution is 2.12. The molecule has 104 valence electrons. The molecule has 0 unspecified atom stereocenters. The van der Waals surface area contributed by atoms with Crippen molar-refractivity contribution in [1.82, 2.24) is 15.1 Å². The molecule has 0 radical (unpaired) electrons. The SMILES string of the molecule is CN1CCN(C(=O)CCNC(=O)C(C)(C)C)CC1. The van der Waals surface area contributed by atoms with Gasteiger partial charge in [0.1, 0.15) is 0 Å². The van der Waals surface area contributed by atoms with Crippen LogP contribution in [0.1, 0.15) is 27.2 Å². The van der Waals surface area contributed by atoms with Gasteiger partial charge in [0.25, 0.3) is 0 Å². The first kappa shape index (κ1) is 15.0. The van der Waals surface area contributed by atoms with Crippen molar-refractivity contribution in [1.29, 1.82) is 0 Å². The zero-order valence-corrected chi connectivity index (χ0v) is 12.0. The van der Waals surface area contributed by atoms with Gasteiger partial charge in [-0.2, -0.15) is 0 Å². The van der Waals surface area contributed by atoms with Gasteiger partial charge in [-0.05, 0) is 7.05 Å². The van der Waals surface area contributed by atoms with Crippen LogP contribution in [0, 0.1) is 5.41 Å². The minimum atomic E-state index is -0.392. The fourth-order valence-electron chi connectivity index (χ4n) is 1.76. The van der Waals surface area contributed by atoms with Gasteiger partial charge in [-0.3, -0.25) is 9.59 Å². The van der Waals surface area contributed by atoms with Crippen LogP contribution in [-0.4, -0.2) is 61.4 Å². The Morgan fingerprint density at radius 2 is 1.67 bits per heavy atom. The average Bonchev–Trinajstić information content (AvgIpc) is 2.28. The summed E-state index contributed by atoms with van der Waals surface area (Å²) in [6, 6.07) is 0. The van der Waals surface area contributed by atoms with Crippen LogP contribution in [0.25, 0.3) is 0 Å². The first-order chi connectivity index (χ1) is 8.30. The van der Waals surface area contributed by atoms with E-state index in [1.807, 2.05) is 25.7 Å². The third kappa shape index (κ3) is 4.64. The van der Waals surface area contributed by atoms with Crippen molar-refractivity contribution in [2.45, 2.75) is 27.2 Å². The molecule has 0 aromatic carbocycles. The molecule has 1 fully saturated rings. The van der Waals surface area contributed by atoms with Gasteiger partial charge in [-0.25, -0.2) is 0 Å². The van der Waals surface area contributed by atoms with Crippen molar-refractivity contribution in [3.63, 3.8) is 0 Å². The summed E-state index contributed by atoms with van der Waals surface area (Å²) >= 11 is 0. The van der Waals surface area contributed by atoms with Crippen LogP contribution in [0.4, 0.5) is 0 Å². The Balaban J connectivity index is 2.23. The number of nitrogens with one attached hydrogen (secondary N) is 1. The number of carbonyl (C=O) groups is 2. The Morgan fingerprint density at radius 1 is 1.11 bits per heavy atom. The number of carbonyl (C=O) groups excluding carboxylic acids is 2. The second-order valence-corrected chi connectivity index (χ2v) is 5.94. The number of rotatable bonds is 3. The van der Waals surface area contributed by atoms with E-state index in [1.54, 1.807) is 0 Å². The highest BCUT2D eigenvalue weighted by molar-refractivity contribution is 5.82. The molecule has 1 aliphatic rings. The summed E-state index contributed by atoms with van der Waals surface area (Å²) in [6.07, 6.45) is 0.394. The summed E-state index contributed by atoms with van der Waals surface area (Å²) in [5.41, 5.74) is -0.392. The Kier molecular flexibility index (Phi) is 5.14. The monoisotopic (exact) mass is 255 g/mol. The minimum absolute atomic E-state index is 0.00585. The van der Waals surface area contributed by atoms with Gasteiger partial charge in [0.15, 0.2) is 0 Å². The first-order valence-electron chi connectivity index (χ1n) is 6.55. The third-order valence-corrected chi connectivity index (χ3v) is 3.16. The number of hydrogen-bond donors (Lipinski definition) is 1. The summed E-state index contributed by atoms with van der Waals surface area (Å²) in [5.74, 6) is 0.131. The van der Waals surface area contributed by atoms with Crippen LogP contribution in [0.5, 0.6) is 0 Å². The smallest absolute Gasteiger partial charge is 0.225 e. The minimum Gasteiger partial charge on any atom is -0.355 e. The normalized spacial score (nSPS) is 17.7. The Morgan fingerprint density at radius 3 is 2.17 bits per heavy atom. The highest BCUT2D eigenvalue weighted by Gasteiger charge is 2.22. The van der Waals surface area contributed by atoms with Gasteiger partial charge in [-0.1, -0.05) is 20.8 Å². The molecule has 1 N–H and O–H groups in total. The molecule has 0 bridgehead atoms. The van der Waals surface area contributed by atoms with Crippen LogP contribution in [0.3, 0.4) is 0 Å². The molecule has 1 rings (SSSR count). The second-order valence-electron chi connectivity index (χ2n) is 5.94. The lowest BCUT2D eigenvalue weighted by atomic mass is 9.96. The Labute approximate surface area is 110 Å². The van der Waals surface area contributed by atoms with E-state index >= 15 is 0 Å². The highest BCUT2D eigenvalue weighted by atomic mass is 16.2. The molecule has 2 amide bonds. The van der Waals surface area contributed by atoms with Gasteiger partial charge in [0.2, 0.25) is 11.8 Å². The number of amides is 2. The predicted octanol–water partition coefficient (Wildman–Crippen LogP) is 0.313. The van der Waals surface area contributed by atoms with E-state index in [9.17, 15) is 9.59 Å².